The van der Waals surface area contributed by atoms with Crippen LogP contribution >= 0.6 is 0 Å². The van der Waals surface area contributed by atoms with Crippen LogP contribution < -0.4 is 9.64 Å². The van der Waals surface area contributed by atoms with E-state index in [1.165, 1.54) is 12.1 Å². The number of halogens is 2. The molecular weight excluding hydrogens is 610 g/mol. The Morgan fingerprint density at radius 2 is 1.81 bits per heavy atom. The number of nitrogens with zero attached hydrogens (tertiary/aromatic N) is 6. The van der Waals surface area contributed by atoms with Gasteiger partial charge in [-0.05, 0) is 93.3 Å². The van der Waals surface area contributed by atoms with Gasteiger partial charge >= 0.3 is 6.01 Å². The third kappa shape index (κ3) is 6.41. The lowest BCUT2D eigenvalue weighted by Crippen LogP contribution is -2.54. The minimum absolute atomic E-state index is 0.0133. The summed E-state index contributed by atoms with van der Waals surface area (Å²) in [5, 5.41) is 12.3. The van der Waals surface area contributed by atoms with E-state index in [-0.39, 0.29) is 39.7 Å². The Morgan fingerprint density at radius 3 is 2.50 bits per heavy atom. The zero-order valence-electron chi connectivity index (χ0n) is 29.0. The van der Waals surface area contributed by atoms with Gasteiger partial charge in [0.25, 0.3) is 0 Å². The van der Waals surface area contributed by atoms with E-state index >= 15 is 4.39 Å². The molecule has 3 fully saturated rings. The Morgan fingerprint density at radius 1 is 1.04 bits per heavy atom. The Bertz CT molecular complexity index is 1830. The van der Waals surface area contributed by atoms with Gasteiger partial charge in [-0.3, -0.25) is 9.88 Å². The maximum Gasteiger partial charge on any atom is 0.319 e. The van der Waals surface area contributed by atoms with Gasteiger partial charge < -0.3 is 19.6 Å². The van der Waals surface area contributed by atoms with E-state index in [0.29, 0.717) is 52.0 Å². The van der Waals surface area contributed by atoms with Crippen LogP contribution in [0.5, 0.6) is 11.8 Å². The van der Waals surface area contributed by atoms with Crippen molar-refractivity contribution in [1.82, 2.24) is 24.8 Å². The lowest BCUT2D eigenvalue weighted by Gasteiger charge is -2.43. The van der Waals surface area contributed by atoms with Crippen molar-refractivity contribution >= 4 is 27.5 Å². The number of phenols is 1. The number of ether oxygens (including phenoxy) is 1. The smallest absolute Gasteiger partial charge is 0.319 e. The van der Waals surface area contributed by atoms with Gasteiger partial charge in [0.2, 0.25) is 0 Å². The van der Waals surface area contributed by atoms with Crippen molar-refractivity contribution in [2.45, 2.75) is 72.3 Å². The highest BCUT2D eigenvalue weighted by atomic mass is 19.1. The fourth-order valence-corrected chi connectivity index (χ4v) is 7.72. The van der Waals surface area contributed by atoms with Crippen LogP contribution in [-0.2, 0) is 6.42 Å². The van der Waals surface area contributed by atoms with Crippen molar-refractivity contribution in [2.75, 3.05) is 57.3 Å². The number of anilines is 1. The number of hydrogen-bond acceptors (Lipinski definition) is 8. The topological polar surface area (TPSA) is 77.9 Å². The molecule has 1 aliphatic carbocycles. The molecule has 2 saturated heterocycles. The Balaban J connectivity index is 1.24. The number of aromatic hydroxyl groups is 1. The highest BCUT2D eigenvalue weighted by Gasteiger charge is 2.45. The minimum Gasteiger partial charge on any atom is -0.508 e. The molecule has 2 aliphatic heterocycles. The van der Waals surface area contributed by atoms with Crippen LogP contribution in [0.2, 0.25) is 0 Å². The predicted octanol–water partition coefficient (Wildman–Crippen LogP) is 7.20. The molecule has 48 heavy (non-hydrogen) atoms. The van der Waals surface area contributed by atoms with Gasteiger partial charge in [0, 0.05) is 68.5 Å². The number of hydrogen-bond donors (Lipinski definition) is 1. The lowest BCUT2D eigenvalue weighted by molar-refractivity contribution is 0.0468. The summed E-state index contributed by atoms with van der Waals surface area (Å²) in [6.07, 6.45) is 6.34. The Kier molecular flexibility index (Phi) is 8.69. The molecule has 7 rings (SSSR count). The van der Waals surface area contributed by atoms with Gasteiger partial charge in [0.15, 0.2) is 5.82 Å². The lowest BCUT2D eigenvalue weighted by atomic mass is 9.94. The van der Waals surface area contributed by atoms with Gasteiger partial charge in [-0.2, -0.15) is 9.97 Å². The van der Waals surface area contributed by atoms with Crippen molar-refractivity contribution in [3.63, 3.8) is 0 Å². The fraction of sp³-hybridized carbons (Fsp3) is 0.553. The fourth-order valence-electron chi connectivity index (χ4n) is 7.72. The van der Waals surface area contributed by atoms with Crippen molar-refractivity contribution in [1.29, 1.82) is 0 Å². The van der Waals surface area contributed by atoms with Gasteiger partial charge in [0.05, 0.1) is 12.0 Å². The van der Waals surface area contributed by atoms with E-state index in [0.717, 1.165) is 71.5 Å². The second-order valence-electron chi connectivity index (χ2n) is 15.4. The second kappa shape index (κ2) is 12.7. The van der Waals surface area contributed by atoms with E-state index in [1.807, 2.05) is 6.92 Å². The molecular formula is C38H48F2N6O2. The standard InChI is InChI=1S/C38H48F2N6O2/c1-6-27-30(39)10-9-25-18-26(47)19-28(31(25)27)33-32(40)34-29(20-41-33)35(45-13-7-8-24(2)21-45)43-36(42-34)48-23-38(11-12-38)22-44-14-16-46(17-15-44)37(3,4)5/h9-10,18-20,24,47H,6-8,11-17,21-23H2,1-5H3/t24-/m0/s1. The van der Waals surface area contributed by atoms with Gasteiger partial charge in [-0.1, -0.05) is 19.9 Å². The number of phenolic OH excluding ortho intramolecular Hbond substituents is 1. The summed E-state index contributed by atoms with van der Waals surface area (Å²) in [4.78, 5) is 21.5. The summed E-state index contributed by atoms with van der Waals surface area (Å²) in [6, 6.07) is 6.18. The average Bonchev–Trinajstić information content (AvgIpc) is 3.82. The summed E-state index contributed by atoms with van der Waals surface area (Å²) >= 11 is 0. The first-order chi connectivity index (χ1) is 22.9. The third-order valence-corrected chi connectivity index (χ3v) is 10.7. The summed E-state index contributed by atoms with van der Waals surface area (Å²) < 4.78 is 38.2. The van der Waals surface area contributed by atoms with Crippen molar-refractivity contribution in [3.8, 4) is 23.0 Å². The molecule has 0 radical (unpaired) electrons. The van der Waals surface area contributed by atoms with Crippen molar-refractivity contribution in [2.24, 2.45) is 11.3 Å². The first kappa shape index (κ1) is 32.9. The molecule has 1 N–H and O–H groups in total. The molecule has 0 amide bonds. The summed E-state index contributed by atoms with van der Waals surface area (Å²) in [6.45, 7) is 18.2. The number of piperidine rings is 1. The number of piperazine rings is 1. The minimum atomic E-state index is -0.637. The highest BCUT2D eigenvalue weighted by Crippen LogP contribution is 2.47. The zero-order chi connectivity index (χ0) is 33.8. The molecule has 0 unspecified atom stereocenters. The summed E-state index contributed by atoms with van der Waals surface area (Å²) in [5.41, 5.74) is 1.14. The quantitative estimate of drug-likeness (QED) is 0.213. The molecule has 4 heterocycles. The SMILES string of the molecule is CCc1c(F)ccc2cc(O)cc(-c3ncc4c(N5CCC[C@H](C)C5)nc(OCC5(CN6CCN(C(C)(C)C)CC6)CC5)nc4c3F)c12. The second-order valence-corrected chi connectivity index (χ2v) is 15.4. The van der Waals surface area contributed by atoms with Crippen LogP contribution in [0.1, 0.15) is 65.9 Å². The van der Waals surface area contributed by atoms with Gasteiger partial charge in [-0.25, -0.2) is 8.78 Å². The Labute approximate surface area is 282 Å². The number of pyridine rings is 1. The van der Waals surface area contributed by atoms with Gasteiger partial charge in [0.1, 0.15) is 28.6 Å². The van der Waals surface area contributed by atoms with E-state index in [4.69, 9.17) is 9.72 Å². The van der Waals surface area contributed by atoms with Crippen LogP contribution in [0.3, 0.4) is 0 Å². The molecule has 256 valence electrons. The maximum absolute atomic E-state index is 16.9. The molecule has 1 atom stereocenters. The average molecular weight is 659 g/mol. The number of aryl methyl sites for hydroxylation is 1. The first-order valence-electron chi connectivity index (χ1n) is 17.6. The maximum atomic E-state index is 16.9. The van der Waals surface area contributed by atoms with Crippen LogP contribution in [0.25, 0.3) is 32.9 Å². The van der Waals surface area contributed by atoms with Crippen LogP contribution in [0, 0.1) is 23.0 Å². The third-order valence-electron chi connectivity index (χ3n) is 10.7. The number of fused-ring (bicyclic) bond motifs is 2. The van der Waals surface area contributed by atoms with Crippen LogP contribution in [-0.4, -0.2) is 87.8 Å². The van der Waals surface area contributed by atoms with Crippen molar-refractivity contribution in [3.05, 3.63) is 47.7 Å². The van der Waals surface area contributed by atoms with Gasteiger partial charge in [-0.15, -0.1) is 0 Å². The molecule has 0 spiro atoms. The molecule has 4 aromatic rings. The first-order valence-corrected chi connectivity index (χ1v) is 17.6. The normalized spacial score (nSPS) is 20.5. The van der Waals surface area contributed by atoms with E-state index in [1.54, 1.807) is 18.3 Å². The summed E-state index contributed by atoms with van der Waals surface area (Å²) in [5.74, 6) is 0.0463. The largest absolute Gasteiger partial charge is 0.508 e. The molecule has 8 nitrogen and oxygen atoms in total. The van der Waals surface area contributed by atoms with E-state index < -0.39 is 5.82 Å². The van der Waals surface area contributed by atoms with Crippen LogP contribution in [0.4, 0.5) is 14.6 Å². The Hall–Kier alpha value is -3.63. The van der Waals surface area contributed by atoms with Crippen molar-refractivity contribution < 1.29 is 18.6 Å². The number of aromatic nitrogens is 3. The molecule has 2 aromatic carbocycles. The van der Waals surface area contributed by atoms with E-state index in [9.17, 15) is 9.50 Å². The summed E-state index contributed by atoms with van der Waals surface area (Å²) in [7, 11) is 0. The molecule has 3 aliphatic rings. The van der Waals surface area contributed by atoms with E-state index in [2.05, 4.69) is 52.4 Å². The predicted molar refractivity (Wildman–Crippen MR) is 187 cm³/mol. The monoisotopic (exact) mass is 658 g/mol. The number of rotatable bonds is 8. The van der Waals surface area contributed by atoms with Crippen LogP contribution in [0.15, 0.2) is 30.5 Å². The highest BCUT2D eigenvalue weighted by molar-refractivity contribution is 6.01. The molecule has 2 aromatic heterocycles. The molecule has 0 bridgehead atoms. The molecule has 10 heteroatoms. The number of benzene rings is 2. The zero-order valence-corrected chi connectivity index (χ0v) is 29.0. The molecule has 1 saturated carbocycles.